The lowest BCUT2D eigenvalue weighted by Gasteiger charge is -2.31. The number of unbranched alkanes of at least 4 members (excludes halogenated alkanes) is 2. The van der Waals surface area contributed by atoms with Crippen LogP contribution in [0.15, 0.2) is 27.1 Å². The molecular weight excluding hydrogens is 867 g/mol. The van der Waals surface area contributed by atoms with Gasteiger partial charge in [-0.25, -0.2) is 23.7 Å². The Kier molecular flexibility index (Phi) is 18.8. The van der Waals surface area contributed by atoms with Crippen LogP contribution in [0.25, 0.3) is 0 Å². The van der Waals surface area contributed by atoms with E-state index in [9.17, 15) is 57.9 Å². The van der Waals surface area contributed by atoms with E-state index in [1.54, 1.807) is 6.08 Å². The number of aliphatic hydroxyl groups is 2. The molecule has 0 aromatic carbocycles. The van der Waals surface area contributed by atoms with Crippen LogP contribution in [-0.2, 0) is 50.7 Å². The first kappa shape index (κ1) is 51.1. The summed E-state index contributed by atoms with van der Waals surface area (Å²) >= 11 is 3.96. The van der Waals surface area contributed by atoms with Crippen LogP contribution in [0.4, 0.5) is 0 Å². The predicted molar refractivity (Wildman–Crippen MR) is 213 cm³/mol. The summed E-state index contributed by atoms with van der Waals surface area (Å²) in [5, 5.41) is 26.5. The number of fused-ring (bicyclic) bond motifs is 1. The third-order valence-corrected chi connectivity index (χ3v) is 12.2. The molecule has 0 spiro atoms. The van der Waals surface area contributed by atoms with Crippen LogP contribution in [0.3, 0.4) is 0 Å². The van der Waals surface area contributed by atoms with E-state index in [0.717, 1.165) is 25.6 Å². The number of rotatable bonds is 25. The van der Waals surface area contributed by atoms with Crippen molar-refractivity contribution in [2.75, 3.05) is 38.7 Å². The average molecular weight is 922 g/mol. The largest absolute Gasteiger partial charge is 0.481 e. The van der Waals surface area contributed by atoms with Gasteiger partial charge in [-0.2, -0.15) is 16.9 Å². The SMILES string of the molecule is CC(C)CCCCC=CC(=O)C1(N)N=CN=C2C1=NCN2[C@@H]1O[C@H](COP(=O)(O)OP(=O)(O)OCC(C)(C)C(O)C(=O)NCCC(=O)NCCS)[C@@H](OP(=O)(O)O)[C@H]1O. The van der Waals surface area contributed by atoms with Crippen molar-refractivity contribution in [2.24, 2.45) is 32.0 Å². The van der Waals surface area contributed by atoms with Gasteiger partial charge >= 0.3 is 23.5 Å². The van der Waals surface area contributed by atoms with Crippen LogP contribution >= 0.6 is 36.1 Å². The lowest BCUT2D eigenvalue weighted by molar-refractivity contribution is -0.137. The smallest absolute Gasteiger partial charge is 0.386 e. The summed E-state index contributed by atoms with van der Waals surface area (Å²) in [6.45, 7) is 4.49. The number of ketones is 1. The molecule has 0 aromatic rings. The van der Waals surface area contributed by atoms with Gasteiger partial charge in [0.25, 0.3) is 0 Å². The molecule has 336 valence electrons. The van der Waals surface area contributed by atoms with Gasteiger partial charge in [-0.15, -0.1) is 0 Å². The Hall–Kier alpha value is -2.28. The topological polar surface area (TPSA) is 360 Å². The number of carbonyl (C=O) groups excluding carboxylic acids is 3. The third kappa shape index (κ3) is 15.2. The number of aliphatic imine (C=N–C) groups is 3. The summed E-state index contributed by atoms with van der Waals surface area (Å²) in [4.78, 5) is 90.6. The molecule has 1 saturated heterocycles. The molecule has 0 aromatic heterocycles. The van der Waals surface area contributed by atoms with Crippen LogP contribution in [0.2, 0.25) is 0 Å². The van der Waals surface area contributed by atoms with Crippen LogP contribution in [0.5, 0.6) is 0 Å². The molecule has 10 N–H and O–H groups in total. The highest BCUT2D eigenvalue weighted by molar-refractivity contribution is 7.80. The Morgan fingerprint density at radius 2 is 1.80 bits per heavy atom. The quantitative estimate of drug-likeness (QED) is 0.0247. The van der Waals surface area contributed by atoms with Gasteiger partial charge in [0, 0.05) is 30.7 Å². The van der Waals surface area contributed by atoms with Gasteiger partial charge < -0.3 is 50.1 Å². The van der Waals surface area contributed by atoms with Gasteiger partial charge in [-0.3, -0.25) is 38.7 Å². The number of phosphoric ester groups is 3. The zero-order valence-electron chi connectivity index (χ0n) is 32.8. The van der Waals surface area contributed by atoms with E-state index in [2.05, 4.69) is 56.4 Å². The zero-order chi connectivity index (χ0) is 44.4. The molecule has 0 bridgehead atoms. The second-order valence-corrected chi connectivity index (χ2v) is 19.4. The maximum absolute atomic E-state index is 13.2. The number of ether oxygens (including phenoxy) is 1. The summed E-state index contributed by atoms with van der Waals surface area (Å²) in [5.74, 6) is -1.10. The maximum Gasteiger partial charge on any atom is 0.481 e. The number of nitrogens with one attached hydrogen (secondary N) is 2. The number of allylic oxidation sites excluding steroid dienone is 1. The van der Waals surface area contributed by atoms with Crippen molar-refractivity contribution in [1.29, 1.82) is 0 Å². The van der Waals surface area contributed by atoms with Crippen LogP contribution < -0.4 is 16.4 Å². The van der Waals surface area contributed by atoms with Crippen molar-refractivity contribution in [1.82, 2.24) is 15.5 Å². The first-order chi connectivity index (χ1) is 27.3. The Morgan fingerprint density at radius 1 is 1.12 bits per heavy atom. The minimum Gasteiger partial charge on any atom is -0.386 e. The molecule has 0 radical (unpaired) electrons. The lowest BCUT2D eigenvalue weighted by Crippen LogP contribution is -2.59. The predicted octanol–water partition coefficient (Wildman–Crippen LogP) is -0.109. The van der Waals surface area contributed by atoms with Crippen molar-refractivity contribution >= 4 is 71.6 Å². The van der Waals surface area contributed by atoms with E-state index in [1.807, 2.05) is 0 Å². The van der Waals surface area contributed by atoms with E-state index in [4.69, 9.17) is 24.0 Å². The number of amides is 2. The summed E-state index contributed by atoms with van der Waals surface area (Å²) in [6, 6.07) is 0. The fourth-order valence-corrected chi connectivity index (χ4v) is 8.64. The van der Waals surface area contributed by atoms with Crippen LogP contribution in [-0.4, -0.2) is 145 Å². The molecule has 24 nitrogen and oxygen atoms in total. The fraction of sp³-hybridized carbons (Fsp3) is 0.742. The highest BCUT2D eigenvalue weighted by Gasteiger charge is 2.55. The van der Waals surface area contributed by atoms with Crippen LogP contribution in [0, 0.1) is 11.3 Å². The molecule has 59 heavy (non-hydrogen) atoms. The van der Waals surface area contributed by atoms with E-state index in [1.165, 1.54) is 24.8 Å². The minimum absolute atomic E-state index is 0.0888. The molecule has 4 unspecified atom stereocenters. The molecule has 3 aliphatic rings. The number of hydrogen-bond donors (Lipinski definition) is 10. The Labute approximate surface area is 345 Å². The first-order valence-corrected chi connectivity index (χ1v) is 23.5. The molecule has 3 aliphatic heterocycles. The van der Waals surface area contributed by atoms with Crippen molar-refractivity contribution in [3.8, 4) is 0 Å². The maximum atomic E-state index is 13.2. The van der Waals surface area contributed by atoms with Crippen molar-refractivity contribution in [3.63, 3.8) is 0 Å². The van der Waals surface area contributed by atoms with Crippen LogP contribution in [0.1, 0.15) is 59.8 Å². The van der Waals surface area contributed by atoms with Crippen molar-refractivity contribution < 1.29 is 80.5 Å². The number of amidine groups is 1. The summed E-state index contributed by atoms with van der Waals surface area (Å²) < 4.78 is 61.7. The van der Waals surface area contributed by atoms with Gasteiger partial charge in [-0.05, 0) is 24.8 Å². The lowest BCUT2D eigenvalue weighted by atomic mass is 9.87. The monoisotopic (exact) mass is 921 g/mol. The standard InChI is InChI=1S/C31H54N7O17P3S/c1-19(2)9-7-5-6-8-10-21(39)31(32)25-27(35-17-37-31)38(18-36-25)29-23(41)24(54-56(44,45)46)20(53-29)15-51-57(47,48)55-58(49,50)52-16-30(3,4)26(42)28(43)34-12-11-22(40)33-13-14-59/h8,10,17,19-20,23-24,26,29,41-42,59H,5-7,9,11-16,18,32H2,1-4H3,(H,33,40)(H,34,43)(H,47,48)(H,49,50)(H2,44,45,46)/t20-,23-,24-,26?,29-,31?/m1/s1. The Morgan fingerprint density at radius 3 is 2.44 bits per heavy atom. The summed E-state index contributed by atoms with van der Waals surface area (Å²) in [5.41, 5.74) is 2.67. The van der Waals surface area contributed by atoms with Gasteiger partial charge in [0.15, 0.2) is 12.1 Å². The van der Waals surface area contributed by atoms with Crippen molar-refractivity contribution in [3.05, 3.63) is 12.2 Å². The zero-order valence-corrected chi connectivity index (χ0v) is 36.4. The average Bonchev–Trinajstić information content (AvgIpc) is 3.70. The van der Waals surface area contributed by atoms with E-state index in [-0.39, 0.29) is 37.1 Å². The molecular formula is C31H54N7O17P3S. The minimum atomic E-state index is -5.61. The third-order valence-electron chi connectivity index (χ3n) is 8.87. The molecule has 3 rings (SSSR count). The second kappa shape index (κ2) is 21.7. The van der Waals surface area contributed by atoms with Gasteiger partial charge in [0.05, 0.1) is 13.2 Å². The number of nitrogens with two attached hydrogens (primary N) is 1. The molecule has 1 fully saturated rings. The fourth-order valence-electron chi connectivity index (χ4n) is 5.70. The van der Waals surface area contributed by atoms with Crippen molar-refractivity contribution in [2.45, 2.75) is 96.1 Å². The molecule has 0 saturated carbocycles. The van der Waals surface area contributed by atoms with E-state index in [0.29, 0.717) is 24.6 Å². The summed E-state index contributed by atoms with van der Waals surface area (Å²) in [7, 11) is -16.5. The van der Waals surface area contributed by atoms with Gasteiger partial charge in [-0.1, -0.05) is 46.6 Å². The number of hydrogen-bond acceptors (Lipinski definition) is 19. The highest BCUT2D eigenvalue weighted by atomic mass is 32.1. The molecule has 2 amide bonds. The second-order valence-electron chi connectivity index (χ2n) is 14.7. The number of aliphatic hydroxyl groups excluding tert-OH is 2. The molecule has 3 heterocycles. The molecule has 0 aliphatic carbocycles. The number of carbonyl (C=O) groups is 3. The van der Waals surface area contributed by atoms with E-state index >= 15 is 0 Å². The van der Waals surface area contributed by atoms with E-state index < -0.39 is 90.1 Å². The Bertz CT molecular complexity index is 1780. The highest BCUT2D eigenvalue weighted by Crippen LogP contribution is 2.61. The Balaban J connectivity index is 1.63. The molecule has 28 heteroatoms. The number of nitrogens with zero attached hydrogens (tertiary/aromatic N) is 4. The number of phosphoric acid groups is 3. The normalized spacial score (nSPS) is 25.9. The summed E-state index contributed by atoms with van der Waals surface area (Å²) in [6.07, 6.45) is -1.86. The van der Waals surface area contributed by atoms with Gasteiger partial charge in [0.1, 0.15) is 43.1 Å². The first-order valence-electron chi connectivity index (χ1n) is 18.3. The molecule has 8 atom stereocenters. The van der Waals surface area contributed by atoms with Gasteiger partial charge in [0.2, 0.25) is 23.3 Å². The number of thiol groups is 1.